The molecular weight excluding hydrogens is 471 g/mol. The summed E-state index contributed by atoms with van der Waals surface area (Å²) < 4.78 is 1.77. The summed E-state index contributed by atoms with van der Waals surface area (Å²) >= 11 is 12.5. The van der Waals surface area contributed by atoms with Crippen LogP contribution in [0.25, 0.3) is 16.9 Å². The molecule has 4 rings (SSSR count). The van der Waals surface area contributed by atoms with Crippen molar-refractivity contribution in [1.82, 2.24) is 24.5 Å². The van der Waals surface area contributed by atoms with Crippen molar-refractivity contribution in [1.29, 1.82) is 0 Å². The molecule has 4 aromatic rings. The SMILES string of the molecule is O=c1[nH]c(NCCNc2ncc(-n3ccnc3)c(-c3ccc(Cl)cc3Cl)n2)ccc1[N+](=O)[O-]. The van der Waals surface area contributed by atoms with Crippen molar-refractivity contribution in [2.45, 2.75) is 0 Å². The molecule has 168 valence electrons. The van der Waals surface area contributed by atoms with Crippen LogP contribution in [0.15, 0.2) is 60.0 Å². The van der Waals surface area contributed by atoms with Crippen LogP contribution < -0.4 is 16.2 Å². The van der Waals surface area contributed by atoms with Gasteiger partial charge in [-0.25, -0.2) is 15.0 Å². The highest BCUT2D eigenvalue weighted by atomic mass is 35.5. The Morgan fingerprint density at radius 3 is 2.67 bits per heavy atom. The summed E-state index contributed by atoms with van der Waals surface area (Å²) in [7, 11) is 0. The number of anilines is 2. The summed E-state index contributed by atoms with van der Waals surface area (Å²) in [5.41, 5.74) is 0.653. The average Bonchev–Trinajstić information content (AvgIpc) is 3.31. The van der Waals surface area contributed by atoms with Crippen molar-refractivity contribution in [3.63, 3.8) is 0 Å². The van der Waals surface area contributed by atoms with E-state index in [0.29, 0.717) is 51.8 Å². The summed E-state index contributed by atoms with van der Waals surface area (Å²) in [5.74, 6) is 0.719. The lowest BCUT2D eigenvalue weighted by atomic mass is 10.1. The average molecular weight is 487 g/mol. The van der Waals surface area contributed by atoms with E-state index in [-0.39, 0.29) is 0 Å². The fraction of sp³-hybridized carbons (Fsp3) is 0.100. The Kier molecular flexibility index (Phi) is 6.52. The molecule has 0 saturated carbocycles. The fourth-order valence-corrected chi connectivity index (χ4v) is 3.51. The van der Waals surface area contributed by atoms with E-state index in [0.717, 1.165) is 6.07 Å². The maximum atomic E-state index is 11.7. The van der Waals surface area contributed by atoms with Gasteiger partial charge in [-0.1, -0.05) is 23.2 Å². The van der Waals surface area contributed by atoms with Crippen LogP contribution in [-0.2, 0) is 0 Å². The highest BCUT2D eigenvalue weighted by molar-refractivity contribution is 6.36. The Labute approximate surface area is 196 Å². The van der Waals surface area contributed by atoms with Crippen molar-refractivity contribution in [3.8, 4) is 16.9 Å². The van der Waals surface area contributed by atoms with Crippen LogP contribution >= 0.6 is 23.2 Å². The number of nitro groups is 1. The minimum atomic E-state index is -0.777. The van der Waals surface area contributed by atoms with Gasteiger partial charge in [-0.05, 0) is 24.3 Å². The Balaban J connectivity index is 1.50. The van der Waals surface area contributed by atoms with Crippen molar-refractivity contribution in [2.75, 3.05) is 23.7 Å². The number of benzene rings is 1. The predicted octanol–water partition coefficient (Wildman–Crippen LogP) is 3.76. The van der Waals surface area contributed by atoms with Gasteiger partial charge in [0.05, 0.1) is 28.2 Å². The second kappa shape index (κ2) is 9.67. The number of pyridine rings is 1. The third-order valence-corrected chi connectivity index (χ3v) is 5.10. The minimum Gasteiger partial charge on any atom is -0.370 e. The predicted molar refractivity (Wildman–Crippen MR) is 125 cm³/mol. The van der Waals surface area contributed by atoms with E-state index in [1.165, 1.54) is 6.07 Å². The first-order valence-corrected chi connectivity index (χ1v) is 10.3. The van der Waals surface area contributed by atoms with Gasteiger partial charge in [0.1, 0.15) is 11.5 Å². The molecule has 33 heavy (non-hydrogen) atoms. The maximum Gasteiger partial charge on any atom is 0.334 e. The van der Waals surface area contributed by atoms with Crippen molar-refractivity contribution < 1.29 is 4.92 Å². The van der Waals surface area contributed by atoms with Crippen molar-refractivity contribution >= 4 is 40.7 Å². The maximum absolute atomic E-state index is 11.7. The monoisotopic (exact) mass is 486 g/mol. The molecule has 1 aromatic carbocycles. The fourth-order valence-electron chi connectivity index (χ4n) is 3.02. The Bertz CT molecular complexity index is 1360. The first-order chi connectivity index (χ1) is 15.9. The Morgan fingerprint density at radius 2 is 1.97 bits per heavy atom. The second-order valence-corrected chi connectivity index (χ2v) is 7.56. The molecule has 0 radical (unpaired) electrons. The Hall–Kier alpha value is -3.96. The minimum absolute atomic E-state index is 0.359. The number of aromatic amines is 1. The molecule has 3 heterocycles. The van der Waals surface area contributed by atoms with Crippen molar-refractivity contribution in [2.24, 2.45) is 0 Å². The first-order valence-electron chi connectivity index (χ1n) is 9.58. The van der Waals surface area contributed by atoms with E-state index in [1.807, 2.05) is 0 Å². The van der Waals surface area contributed by atoms with Gasteiger partial charge in [-0.2, -0.15) is 0 Å². The summed E-state index contributed by atoms with van der Waals surface area (Å²) in [4.78, 5) is 37.2. The van der Waals surface area contributed by atoms with Crippen LogP contribution in [-0.4, -0.2) is 42.5 Å². The number of H-pyrrole nitrogens is 1. The molecule has 0 saturated heterocycles. The van der Waals surface area contributed by atoms with Gasteiger partial charge in [0, 0.05) is 42.1 Å². The van der Waals surface area contributed by atoms with Crippen LogP contribution in [0.2, 0.25) is 10.0 Å². The van der Waals surface area contributed by atoms with Gasteiger partial charge in [0.25, 0.3) is 0 Å². The van der Waals surface area contributed by atoms with Crippen LogP contribution in [0, 0.1) is 10.1 Å². The lowest BCUT2D eigenvalue weighted by Crippen LogP contribution is -2.19. The largest absolute Gasteiger partial charge is 0.370 e. The second-order valence-electron chi connectivity index (χ2n) is 6.72. The molecule has 3 N–H and O–H groups in total. The number of nitrogens with one attached hydrogen (secondary N) is 3. The lowest BCUT2D eigenvalue weighted by Gasteiger charge is -2.13. The first kappa shape index (κ1) is 22.2. The molecule has 3 aromatic heterocycles. The van der Waals surface area contributed by atoms with E-state index in [2.05, 4.69) is 30.6 Å². The van der Waals surface area contributed by atoms with E-state index < -0.39 is 16.2 Å². The van der Waals surface area contributed by atoms with Gasteiger partial charge in [0.15, 0.2) is 0 Å². The topological polar surface area (TPSA) is 144 Å². The zero-order valence-corrected chi connectivity index (χ0v) is 18.3. The van der Waals surface area contributed by atoms with Crippen LogP contribution in [0.1, 0.15) is 0 Å². The zero-order valence-electron chi connectivity index (χ0n) is 16.8. The molecule has 13 heteroatoms. The summed E-state index contributed by atoms with van der Waals surface area (Å²) in [6.07, 6.45) is 6.70. The molecule has 0 aliphatic carbocycles. The van der Waals surface area contributed by atoms with Crippen LogP contribution in [0.4, 0.5) is 17.5 Å². The van der Waals surface area contributed by atoms with Gasteiger partial charge in [-0.15, -0.1) is 0 Å². The Morgan fingerprint density at radius 1 is 1.15 bits per heavy atom. The molecular formula is C20H16Cl2N8O3. The number of rotatable bonds is 8. The molecule has 0 unspecified atom stereocenters. The summed E-state index contributed by atoms with van der Waals surface area (Å²) in [5, 5.41) is 17.8. The molecule has 0 aliphatic rings. The standard InChI is InChI=1S/C20H16Cl2N8O3/c21-12-1-2-13(14(22)9-12)18-16(29-8-7-23-11-29)10-26-20(28-18)25-6-5-24-17-4-3-15(30(32)33)19(31)27-17/h1-4,7-11H,5-6H2,(H2,24,27,31)(H,25,26,28). The smallest absolute Gasteiger partial charge is 0.334 e. The third-order valence-electron chi connectivity index (χ3n) is 4.55. The van der Waals surface area contributed by atoms with E-state index in [1.54, 1.807) is 47.7 Å². The normalized spacial score (nSPS) is 10.7. The summed E-state index contributed by atoms with van der Waals surface area (Å²) in [6, 6.07) is 7.72. The van der Waals surface area contributed by atoms with E-state index in [9.17, 15) is 14.9 Å². The highest BCUT2D eigenvalue weighted by Gasteiger charge is 2.15. The molecule has 0 atom stereocenters. The molecule has 0 bridgehead atoms. The quantitative estimate of drug-likeness (QED) is 0.194. The van der Waals surface area contributed by atoms with E-state index >= 15 is 0 Å². The van der Waals surface area contributed by atoms with Gasteiger partial charge < -0.3 is 20.2 Å². The van der Waals surface area contributed by atoms with Crippen LogP contribution in [0.3, 0.4) is 0 Å². The van der Waals surface area contributed by atoms with Gasteiger partial charge in [-0.3, -0.25) is 14.9 Å². The molecule has 0 amide bonds. The summed E-state index contributed by atoms with van der Waals surface area (Å²) in [6.45, 7) is 0.786. The molecule has 0 aliphatic heterocycles. The zero-order chi connectivity index (χ0) is 23.4. The van der Waals surface area contributed by atoms with Crippen molar-refractivity contribution in [3.05, 3.63) is 85.8 Å². The van der Waals surface area contributed by atoms with E-state index in [4.69, 9.17) is 23.2 Å². The molecule has 0 spiro atoms. The third kappa shape index (κ3) is 5.10. The van der Waals surface area contributed by atoms with Gasteiger partial charge >= 0.3 is 11.2 Å². The number of aromatic nitrogens is 5. The molecule has 11 nitrogen and oxygen atoms in total. The number of hydrogen-bond donors (Lipinski definition) is 3. The lowest BCUT2D eigenvalue weighted by molar-refractivity contribution is -0.386. The number of nitrogens with zero attached hydrogens (tertiary/aromatic N) is 5. The molecule has 0 fully saturated rings. The van der Waals surface area contributed by atoms with Gasteiger partial charge in [0.2, 0.25) is 5.95 Å². The number of imidazole rings is 1. The van der Waals surface area contributed by atoms with Crippen LogP contribution in [0.5, 0.6) is 0 Å². The highest BCUT2D eigenvalue weighted by Crippen LogP contribution is 2.33. The number of halogens is 2. The number of hydrogen-bond acceptors (Lipinski definition) is 8.